The van der Waals surface area contributed by atoms with Crippen molar-refractivity contribution < 1.29 is 18.0 Å². The number of aryl methyl sites for hydroxylation is 1. The Morgan fingerprint density at radius 1 is 0.872 bits per heavy atom. The number of nitrogens with one attached hydrogen (secondary N) is 2. The van der Waals surface area contributed by atoms with E-state index in [-0.39, 0.29) is 44.5 Å². The summed E-state index contributed by atoms with van der Waals surface area (Å²) in [5.41, 5.74) is 3.19. The third kappa shape index (κ3) is 6.24. The Balaban J connectivity index is 1.16. The molecule has 9 nitrogen and oxygen atoms in total. The average Bonchev–Trinajstić information content (AvgIpc) is 3.52. The number of hydrogen-bond acceptors (Lipinski definition) is 7. The zero-order chi connectivity index (χ0) is 32.7. The summed E-state index contributed by atoms with van der Waals surface area (Å²) < 4.78 is 42.7. The number of aromatic nitrogens is 5. The van der Waals surface area contributed by atoms with Crippen LogP contribution in [0.4, 0.5) is 30.4 Å². The summed E-state index contributed by atoms with van der Waals surface area (Å²) in [4.78, 5) is 27.4. The van der Waals surface area contributed by atoms with E-state index >= 15 is 0 Å². The van der Waals surface area contributed by atoms with E-state index in [0.29, 0.717) is 22.5 Å². The number of pyridine rings is 1. The van der Waals surface area contributed by atoms with Gasteiger partial charge in [0.2, 0.25) is 5.82 Å². The molecule has 2 aromatic carbocycles. The minimum absolute atomic E-state index is 0.0247. The number of anilines is 3. The monoisotopic (exact) mass is 680 g/mol. The summed E-state index contributed by atoms with van der Waals surface area (Å²) in [7, 11) is 0. The Morgan fingerprint density at radius 3 is 2.34 bits per heavy atom. The third-order valence-corrected chi connectivity index (χ3v) is 9.38. The van der Waals surface area contributed by atoms with E-state index in [1.54, 1.807) is 36.4 Å². The van der Waals surface area contributed by atoms with Crippen molar-refractivity contribution >= 4 is 57.3 Å². The van der Waals surface area contributed by atoms with Gasteiger partial charge in [-0.15, -0.1) is 0 Å². The van der Waals surface area contributed by atoms with Crippen molar-refractivity contribution in [2.45, 2.75) is 50.9 Å². The molecule has 0 bridgehead atoms. The quantitative estimate of drug-likeness (QED) is 0.185. The van der Waals surface area contributed by atoms with E-state index in [0.717, 1.165) is 38.2 Å². The SMILES string of the molecule is O=C(Nc1cccc(-c2cccc(Nc3nc(C(F)(F)F)nc4cccnc34)c2Cl)c1Cl)c1cc2n(n1)CCC[C@@H]2N1CCCCC1. The lowest BCUT2D eigenvalue weighted by Crippen LogP contribution is -2.36. The van der Waals surface area contributed by atoms with Gasteiger partial charge < -0.3 is 10.6 Å². The van der Waals surface area contributed by atoms with Crippen molar-refractivity contribution in [1.82, 2.24) is 29.6 Å². The largest absolute Gasteiger partial charge is 0.451 e. The highest BCUT2D eigenvalue weighted by atomic mass is 35.5. The van der Waals surface area contributed by atoms with Gasteiger partial charge in [0.1, 0.15) is 5.52 Å². The highest BCUT2D eigenvalue weighted by molar-refractivity contribution is 6.39. The molecule has 0 saturated carbocycles. The van der Waals surface area contributed by atoms with E-state index < -0.39 is 12.0 Å². The van der Waals surface area contributed by atoms with Crippen molar-refractivity contribution in [1.29, 1.82) is 0 Å². The molecule has 2 aliphatic heterocycles. The number of rotatable bonds is 6. The van der Waals surface area contributed by atoms with Gasteiger partial charge in [-0.2, -0.15) is 18.3 Å². The fourth-order valence-electron chi connectivity index (χ4n) is 6.34. The number of carbonyl (C=O) groups excluding carboxylic acids is 1. The maximum absolute atomic E-state index is 13.6. The van der Waals surface area contributed by atoms with Crippen molar-refractivity contribution in [2.24, 2.45) is 0 Å². The molecule has 0 unspecified atom stereocenters. The molecule has 3 aromatic heterocycles. The van der Waals surface area contributed by atoms with Crippen LogP contribution in [0, 0.1) is 0 Å². The first-order valence-corrected chi connectivity index (χ1v) is 16.1. The van der Waals surface area contributed by atoms with Gasteiger partial charge in [0, 0.05) is 23.9 Å². The molecular weight excluding hydrogens is 652 g/mol. The van der Waals surface area contributed by atoms with E-state index in [2.05, 4.69) is 35.6 Å². The van der Waals surface area contributed by atoms with Crippen LogP contribution >= 0.6 is 23.2 Å². The van der Waals surface area contributed by atoms with Gasteiger partial charge in [0.05, 0.1) is 38.7 Å². The summed E-state index contributed by atoms with van der Waals surface area (Å²) in [5, 5.41) is 10.9. The first-order chi connectivity index (χ1) is 22.7. The molecule has 1 atom stereocenters. The van der Waals surface area contributed by atoms with Gasteiger partial charge in [0.25, 0.3) is 5.91 Å². The molecule has 0 radical (unpaired) electrons. The maximum Gasteiger partial charge on any atom is 0.451 e. The van der Waals surface area contributed by atoms with Crippen LogP contribution in [0.2, 0.25) is 10.0 Å². The molecule has 7 rings (SSSR count). The lowest BCUT2D eigenvalue weighted by atomic mass is 9.99. The second-order valence-electron chi connectivity index (χ2n) is 11.6. The van der Waals surface area contributed by atoms with Gasteiger partial charge in [-0.1, -0.05) is 53.9 Å². The normalized spacial score (nSPS) is 17.0. The van der Waals surface area contributed by atoms with Crippen LogP contribution in [0.3, 0.4) is 0 Å². The van der Waals surface area contributed by atoms with Crippen LogP contribution in [0.5, 0.6) is 0 Å². The predicted molar refractivity (Wildman–Crippen MR) is 175 cm³/mol. The number of hydrogen-bond donors (Lipinski definition) is 2. The van der Waals surface area contributed by atoms with Gasteiger partial charge in [0.15, 0.2) is 11.5 Å². The predicted octanol–water partition coefficient (Wildman–Crippen LogP) is 8.53. The number of halogens is 5. The van der Waals surface area contributed by atoms with Crippen LogP contribution in [-0.4, -0.2) is 48.6 Å². The Bertz CT molecular complexity index is 1980. The Labute approximate surface area is 278 Å². The van der Waals surface area contributed by atoms with Crippen LogP contribution < -0.4 is 10.6 Å². The van der Waals surface area contributed by atoms with Crippen LogP contribution in [0.1, 0.15) is 60.2 Å². The molecule has 5 aromatic rings. The van der Waals surface area contributed by atoms with Crippen molar-refractivity contribution in [2.75, 3.05) is 23.7 Å². The average molecular weight is 682 g/mol. The zero-order valence-corrected chi connectivity index (χ0v) is 26.5. The molecule has 1 fully saturated rings. The molecular formula is C33H29Cl2F3N8O. The van der Waals surface area contributed by atoms with Gasteiger partial charge in [-0.25, -0.2) is 9.97 Å². The molecule has 1 saturated heterocycles. The molecule has 14 heteroatoms. The standard InChI is InChI=1S/C33H29Cl2F3N8O/c34-27-19(8-4-10-21(27)40-30-29-23(12-6-14-39-29)42-32(43-30)33(36,37)38)20-9-5-11-22(28(20)35)41-31(47)24-18-26-25(13-7-17-46(26)44-24)45-15-2-1-3-16-45/h4-6,8-12,14,18,25H,1-3,7,13,15-17H2,(H,41,47)(H,40,42,43)/t25-/m0/s1. The minimum Gasteiger partial charge on any atom is -0.337 e. The molecule has 242 valence electrons. The first-order valence-electron chi connectivity index (χ1n) is 15.3. The van der Waals surface area contributed by atoms with Crippen molar-refractivity contribution in [3.05, 3.63) is 88.1 Å². The Kier molecular flexibility index (Phi) is 8.50. The maximum atomic E-state index is 13.6. The van der Waals surface area contributed by atoms with Gasteiger partial charge in [-0.05, 0) is 69.1 Å². The topological polar surface area (TPSA) is 101 Å². The molecule has 1 amide bonds. The number of amides is 1. The highest BCUT2D eigenvalue weighted by Gasteiger charge is 2.36. The molecule has 2 N–H and O–H groups in total. The number of nitrogens with zero attached hydrogens (tertiary/aromatic N) is 6. The lowest BCUT2D eigenvalue weighted by Gasteiger charge is -2.36. The van der Waals surface area contributed by atoms with Crippen LogP contribution in [-0.2, 0) is 12.7 Å². The minimum atomic E-state index is -4.77. The van der Waals surface area contributed by atoms with E-state index in [4.69, 9.17) is 23.2 Å². The van der Waals surface area contributed by atoms with Crippen LogP contribution in [0.15, 0.2) is 60.8 Å². The van der Waals surface area contributed by atoms with E-state index in [1.807, 2.05) is 10.7 Å². The van der Waals surface area contributed by atoms with Crippen molar-refractivity contribution in [3.8, 4) is 11.1 Å². The fraction of sp³-hybridized carbons (Fsp3) is 0.303. The number of benzene rings is 2. The summed E-state index contributed by atoms with van der Waals surface area (Å²) >= 11 is 13.7. The summed E-state index contributed by atoms with van der Waals surface area (Å²) in [6, 6.07) is 15.2. The smallest absolute Gasteiger partial charge is 0.337 e. The second kappa shape index (κ2) is 12.7. The van der Waals surface area contributed by atoms with E-state index in [1.165, 1.54) is 37.6 Å². The summed E-state index contributed by atoms with van der Waals surface area (Å²) in [5.74, 6) is -1.84. The van der Waals surface area contributed by atoms with Gasteiger partial charge >= 0.3 is 6.18 Å². The number of likely N-dealkylation sites (tertiary alicyclic amines) is 1. The second-order valence-corrected chi connectivity index (χ2v) is 12.4. The summed E-state index contributed by atoms with van der Waals surface area (Å²) in [6.07, 6.45) is 2.34. The molecule has 47 heavy (non-hydrogen) atoms. The number of alkyl halides is 3. The number of piperidine rings is 1. The third-order valence-electron chi connectivity index (χ3n) is 8.56. The molecule has 0 aliphatic carbocycles. The first kappa shape index (κ1) is 31.3. The lowest BCUT2D eigenvalue weighted by molar-refractivity contribution is -0.144. The Hall–Kier alpha value is -4.26. The fourth-order valence-corrected chi connectivity index (χ4v) is 6.89. The molecule has 0 spiro atoms. The Morgan fingerprint density at radius 2 is 1.60 bits per heavy atom. The molecule has 5 heterocycles. The van der Waals surface area contributed by atoms with Crippen LogP contribution in [0.25, 0.3) is 22.2 Å². The van der Waals surface area contributed by atoms with E-state index in [9.17, 15) is 18.0 Å². The van der Waals surface area contributed by atoms with Gasteiger partial charge in [-0.3, -0.25) is 19.4 Å². The zero-order valence-electron chi connectivity index (χ0n) is 25.0. The molecule has 2 aliphatic rings. The highest BCUT2D eigenvalue weighted by Crippen LogP contribution is 2.42. The summed E-state index contributed by atoms with van der Waals surface area (Å²) in [6.45, 7) is 2.88. The number of carbonyl (C=O) groups is 1. The van der Waals surface area contributed by atoms with Crippen molar-refractivity contribution in [3.63, 3.8) is 0 Å². The number of fused-ring (bicyclic) bond motifs is 2.